The van der Waals surface area contributed by atoms with E-state index in [4.69, 9.17) is 0 Å². The molecule has 2 N–H and O–H groups in total. The summed E-state index contributed by atoms with van der Waals surface area (Å²) in [6.07, 6.45) is 2.01. The van der Waals surface area contributed by atoms with Gasteiger partial charge in [0.05, 0.1) is 0 Å². The summed E-state index contributed by atoms with van der Waals surface area (Å²) in [5.41, 5.74) is 2.71. The van der Waals surface area contributed by atoms with Crippen LogP contribution in [-0.2, 0) is 16.0 Å². The van der Waals surface area contributed by atoms with Gasteiger partial charge in [0.25, 0.3) is 0 Å². The fourth-order valence-corrected chi connectivity index (χ4v) is 2.89. The molecule has 2 aromatic carbocycles. The predicted molar refractivity (Wildman–Crippen MR) is 95.9 cm³/mol. The molecule has 124 valence electrons. The van der Waals surface area contributed by atoms with E-state index in [9.17, 15) is 9.59 Å². The van der Waals surface area contributed by atoms with Crippen molar-refractivity contribution in [2.45, 2.75) is 33.1 Å². The first-order valence-corrected chi connectivity index (χ1v) is 8.33. The Bertz CT molecular complexity index is 764. The zero-order valence-corrected chi connectivity index (χ0v) is 14.1. The summed E-state index contributed by atoms with van der Waals surface area (Å²) in [5.74, 6) is -0.433. The number of hydrogen-bond donors (Lipinski definition) is 2. The number of hydrogen-bond acceptors (Lipinski definition) is 2. The monoisotopic (exact) mass is 322 g/mol. The fraction of sp³-hybridized carbons (Fsp3) is 0.300. The van der Waals surface area contributed by atoms with Gasteiger partial charge in [-0.15, -0.1) is 0 Å². The highest BCUT2D eigenvalue weighted by molar-refractivity contribution is 6.17. The Balaban J connectivity index is 1.76. The molecule has 0 bridgehead atoms. The molecule has 0 radical (unpaired) electrons. The Hall–Kier alpha value is -2.62. The van der Waals surface area contributed by atoms with E-state index < -0.39 is 5.41 Å². The summed E-state index contributed by atoms with van der Waals surface area (Å²) in [7, 11) is 0. The Morgan fingerprint density at radius 3 is 2.25 bits per heavy atom. The van der Waals surface area contributed by atoms with Crippen LogP contribution in [0.1, 0.15) is 30.9 Å². The minimum atomic E-state index is -0.941. The molecular formula is C20H22N2O2. The normalized spacial score (nSPS) is 14.8. The number of carbonyl (C=O) groups is 2. The Kier molecular flexibility index (Phi) is 4.38. The highest BCUT2D eigenvalue weighted by atomic mass is 16.2. The van der Waals surface area contributed by atoms with Crippen molar-refractivity contribution in [3.8, 4) is 0 Å². The van der Waals surface area contributed by atoms with Crippen molar-refractivity contribution in [2.75, 3.05) is 10.6 Å². The number of anilines is 2. The van der Waals surface area contributed by atoms with Gasteiger partial charge in [-0.3, -0.25) is 9.59 Å². The molecule has 2 amide bonds. The zero-order chi connectivity index (χ0) is 17.2. The first-order chi connectivity index (χ1) is 11.6. The van der Waals surface area contributed by atoms with Gasteiger partial charge in [0, 0.05) is 11.4 Å². The quantitative estimate of drug-likeness (QED) is 0.820. The molecule has 0 spiro atoms. The average Bonchev–Trinajstić information content (AvgIpc) is 3.39. The lowest BCUT2D eigenvalue weighted by Crippen LogP contribution is -2.36. The van der Waals surface area contributed by atoms with Crippen LogP contribution >= 0.6 is 0 Å². The lowest BCUT2D eigenvalue weighted by molar-refractivity contribution is -0.131. The first-order valence-electron chi connectivity index (χ1n) is 8.33. The molecule has 1 saturated carbocycles. The highest BCUT2D eigenvalue weighted by Gasteiger charge is 2.56. The third kappa shape index (κ3) is 3.04. The summed E-state index contributed by atoms with van der Waals surface area (Å²) in [6, 6.07) is 15.2. The smallest absolute Gasteiger partial charge is 0.240 e. The first kappa shape index (κ1) is 16.2. The van der Waals surface area contributed by atoms with Gasteiger partial charge in [-0.1, -0.05) is 43.3 Å². The molecule has 0 aromatic heterocycles. The van der Waals surface area contributed by atoms with Gasteiger partial charge in [-0.05, 0) is 49.4 Å². The van der Waals surface area contributed by atoms with Crippen molar-refractivity contribution < 1.29 is 9.59 Å². The van der Waals surface area contributed by atoms with E-state index in [1.807, 2.05) is 55.5 Å². The molecule has 1 aliphatic rings. The molecule has 1 aliphatic carbocycles. The molecule has 0 atom stereocenters. The maximum atomic E-state index is 12.8. The molecule has 4 nitrogen and oxygen atoms in total. The number of nitrogens with one attached hydrogen (secondary N) is 2. The molecule has 0 unspecified atom stereocenters. The van der Waals surface area contributed by atoms with Crippen molar-refractivity contribution in [3.05, 3.63) is 59.7 Å². The van der Waals surface area contributed by atoms with Crippen LogP contribution in [0.5, 0.6) is 0 Å². The third-order valence-corrected chi connectivity index (χ3v) is 4.63. The molecule has 0 saturated heterocycles. The number of aryl methyl sites for hydroxylation is 2. The average molecular weight is 322 g/mol. The molecule has 4 heteroatoms. The molecular weight excluding hydrogens is 300 g/mol. The van der Waals surface area contributed by atoms with Crippen molar-refractivity contribution in [1.82, 2.24) is 0 Å². The van der Waals surface area contributed by atoms with E-state index in [1.165, 1.54) is 0 Å². The van der Waals surface area contributed by atoms with Gasteiger partial charge in [-0.25, -0.2) is 0 Å². The highest BCUT2D eigenvalue weighted by Crippen LogP contribution is 2.47. The minimum Gasteiger partial charge on any atom is -0.325 e. The van der Waals surface area contributed by atoms with Crippen LogP contribution in [-0.4, -0.2) is 11.8 Å². The van der Waals surface area contributed by atoms with Gasteiger partial charge in [0.2, 0.25) is 11.8 Å². The van der Waals surface area contributed by atoms with E-state index in [2.05, 4.69) is 17.6 Å². The maximum absolute atomic E-state index is 12.8. The van der Waals surface area contributed by atoms with Crippen LogP contribution in [0.25, 0.3) is 0 Å². The lowest BCUT2D eigenvalue weighted by atomic mass is 10.0. The molecule has 2 aromatic rings. The molecule has 0 heterocycles. The summed E-state index contributed by atoms with van der Waals surface area (Å²) >= 11 is 0. The van der Waals surface area contributed by atoms with E-state index in [-0.39, 0.29) is 11.8 Å². The Labute approximate surface area is 142 Å². The summed E-state index contributed by atoms with van der Waals surface area (Å²) < 4.78 is 0. The second-order valence-electron chi connectivity index (χ2n) is 6.32. The fourth-order valence-electron chi connectivity index (χ4n) is 2.89. The summed E-state index contributed by atoms with van der Waals surface area (Å²) in [5, 5.41) is 5.85. The lowest BCUT2D eigenvalue weighted by Gasteiger charge is -2.18. The van der Waals surface area contributed by atoms with Crippen molar-refractivity contribution in [3.63, 3.8) is 0 Å². The zero-order valence-electron chi connectivity index (χ0n) is 14.1. The molecule has 0 aliphatic heterocycles. The SMILES string of the molecule is CCc1cccc(C)c1NC(=O)C1(C(=O)Nc2ccccc2)CC1. The van der Waals surface area contributed by atoms with Gasteiger partial charge in [-0.2, -0.15) is 0 Å². The van der Waals surface area contributed by atoms with Gasteiger partial charge in [0.15, 0.2) is 0 Å². The van der Waals surface area contributed by atoms with Crippen LogP contribution in [0.3, 0.4) is 0 Å². The van der Waals surface area contributed by atoms with Crippen molar-refractivity contribution in [1.29, 1.82) is 0 Å². The van der Waals surface area contributed by atoms with E-state index in [0.717, 1.165) is 23.2 Å². The third-order valence-electron chi connectivity index (χ3n) is 4.63. The molecule has 24 heavy (non-hydrogen) atoms. The molecule has 3 rings (SSSR count). The number of amides is 2. The summed E-state index contributed by atoms with van der Waals surface area (Å²) in [4.78, 5) is 25.4. The van der Waals surface area contributed by atoms with Crippen LogP contribution in [0, 0.1) is 12.3 Å². The largest absolute Gasteiger partial charge is 0.325 e. The topological polar surface area (TPSA) is 58.2 Å². The van der Waals surface area contributed by atoms with Crippen molar-refractivity contribution >= 4 is 23.2 Å². The van der Waals surface area contributed by atoms with E-state index >= 15 is 0 Å². The van der Waals surface area contributed by atoms with Crippen LogP contribution < -0.4 is 10.6 Å². The van der Waals surface area contributed by atoms with Crippen LogP contribution in [0.2, 0.25) is 0 Å². The second-order valence-corrected chi connectivity index (χ2v) is 6.32. The number of para-hydroxylation sites is 2. The van der Waals surface area contributed by atoms with Gasteiger partial charge < -0.3 is 10.6 Å². The molecule has 1 fully saturated rings. The van der Waals surface area contributed by atoms with Crippen molar-refractivity contribution in [2.24, 2.45) is 5.41 Å². The van der Waals surface area contributed by atoms with Crippen LogP contribution in [0.15, 0.2) is 48.5 Å². The van der Waals surface area contributed by atoms with Gasteiger partial charge in [0.1, 0.15) is 5.41 Å². The summed E-state index contributed by atoms with van der Waals surface area (Å²) in [6.45, 7) is 4.03. The second kappa shape index (κ2) is 6.48. The Morgan fingerprint density at radius 1 is 0.958 bits per heavy atom. The standard InChI is InChI=1S/C20H22N2O2/c1-3-15-9-7-8-14(2)17(15)22-19(24)20(12-13-20)18(23)21-16-10-5-4-6-11-16/h4-11H,3,12-13H2,1-2H3,(H,21,23)(H,22,24). The number of rotatable bonds is 5. The minimum absolute atomic E-state index is 0.208. The van der Waals surface area contributed by atoms with E-state index in [1.54, 1.807) is 0 Å². The number of carbonyl (C=O) groups excluding carboxylic acids is 2. The Morgan fingerprint density at radius 2 is 1.62 bits per heavy atom. The van der Waals surface area contributed by atoms with Gasteiger partial charge >= 0.3 is 0 Å². The van der Waals surface area contributed by atoms with Crippen LogP contribution in [0.4, 0.5) is 11.4 Å². The van der Waals surface area contributed by atoms with E-state index in [0.29, 0.717) is 18.5 Å². The number of benzene rings is 2. The predicted octanol–water partition coefficient (Wildman–Crippen LogP) is 3.91. The maximum Gasteiger partial charge on any atom is 0.240 e.